The Morgan fingerprint density at radius 3 is 2.92 bits per heavy atom. The van der Waals surface area contributed by atoms with Crippen molar-refractivity contribution in [2.75, 3.05) is 0 Å². The average Bonchev–Trinajstić information content (AvgIpc) is 2.35. The summed E-state index contributed by atoms with van der Waals surface area (Å²) in [5.41, 5.74) is -1.07. The van der Waals surface area contributed by atoms with E-state index in [0.29, 0.717) is 12.3 Å². The zero-order valence-corrected chi connectivity index (χ0v) is 7.43. The minimum absolute atomic E-state index is 0.341. The van der Waals surface area contributed by atoms with Crippen molar-refractivity contribution in [3.8, 4) is 0 Å². The number of fused-ring (bicyclic) bond motifs is 2. The van der Waals surface area contributed by atoms with Gasteiger partial charge in [-0.15, -0.1) is 0 Å². The van der Waals surface area contributed by atoms with Crippen molar-refractivity contribution >= 4 is 0 Å². The minimum Gasteiger partial charge on any atom is -0.386 e. The first-order chi connectivity index (χ1) is 6.21. The zero-order valence-electron chi connectivity index (χ0n) is 7.43. The SMILES string of the molecule is O[C@@H]1C=CC[C@H]2C=CC=C[C@]1(O)C2. The highest BCUT2D eigenvalue weighted by Crippen LogP contribution is 2.31. The number of rotatable bonds is 0. The van der Waals surface area contributed by atoms with Gasteiger partial charge < -0.3 is 10.2 Å². The van der Waals surface area contributed by atoms with Crippen LogP contribution in [0.2, 0.25) is 0 Å². The van der Waals surface area contributed by atoms with E-state index in [1.165, 1.54) is 0 Å². The molecule has 2 aliphatic rings. The van der Waals surface area contributed by atoms with Gasteiger partial charge in [0.1, 0.15) is 11.7 Å². The van der Waals surface area contributed by atoms with E-state index >= 15 is 0 Å². The van der Waals surface area contributed by atoms with E-state index in [9.17, 15) is 10.2 Å². The molecule has 0 amide bonds. The van der Waals surface area contributed by atoms with Gasteiger partial charge in [-0.25, -0.2) is 0 Å². The summed E-state index contributed by atoms with van der Waals surface area (Å²) in [6, 6.07) is 0. The quantitative estimate of drug-likeness (QED) is 0.547. The maximum absolute atomic E-state index is 10.1. The van der Waals surface area contributed by atoms with Gasteiger partial charge in [-0.2, -0.15) is 0 Å². The largest absolute Gasteiger partial charge is 0.386 e. The molecule has 0 radical (unpaired) electrons. The van der Waals surface area contributed by atoms with Gasteiger partial charge in [0.25, 0.3) is 0 Å². The molecule has 0 heterocycles. The van der Waals surface area contributed by atoms with E-state index in [4.69, 9.17) is 0 Å². The van der Waals surface area contributed by atoms with E-state index in [2.05, 4.69) is 6.08 Å². The molecule has 0 unspecified atom stereocenters. The second kappa shape index (κ2) is 3.13. The molecule has 0 aromatic heterocycles. The van der Waals surface area contributed by atoms with Gasteiger partial charge in [0.2, 0.25) is 0 Å². The smallest absolute Gasteiger partial charge is 0.113 e. The van der Waals surface area contributed by atoms with Gasteiger partial charge >= 0.3 is 0 Å². The highest BCUT2D eigenvalue weighted by molar-refractivity contribution is 5.22. The van der Waals surface area contributed by atoms with Crippen LogP contribution in [0.5, 0.6) is 0 Å². The van der Waals surface area contributed by atoms with Crippen LogP contribution in [0.25, 0.3) is 0 Å². The van der Waals surface area contributed by atoms with E-state index < -0.39 is 11.7 Å². The summed E-state index contributed by atoms with van der Waals surface area (Å²) >= 11 is 0. The third-order valence-corrected chi connectivity index (χ3v) is 2.74. The van der Waals surface area contributed by atoms with Gasteiger partial charge in [-0.05, 0) is 18.8 Å². The highest BCUT2D eigenvalue weighted by Gasteiger charge is 2.35. The normalized spacial score (nSPS) is 42.9. The standard InChI is InChI=1S/C11H14O2/c12-10-6-3-5-9-4-1-2-7-11(10,13)8-9/h1-4,6-7,9-10,12-13H,5,8H2/t9-,10-,11+/m1/s1. The third kappa shape index (κ3) is 1.60. The molecule has 0 saturated heterocycles. The van der Waals surface area contributed by atoms with Crippen molar-refractivity contribution in [1.29, 1.82) is 0 Å². The maximum Gasteiger partial charge on any atom is 0.113 e. The van der Waals surface area contributed by atoms with Crippen molar-refractivity contribution in [2.24, 2.45) is 5.92 Å². The average molecular weight is 178 g/mol. The first-order valence-corrected chi connectivity index (χ1v) is 4.64. The molecule has 0 aliphatic heterocycles. The lowest BCUT2D eigenvalue weighted by Gasteiger charge is -2.28. The Bertz CT molecular complexity index is 278. The predicted octanol–water partition coefficient (Wildman–Crippen LogP) is 1.17. The van der Waals surface area contributed by atoms with Crippen molar-refractivity contribution < 1.29 is 10.2 Å². The van der Waals surface area contributed by atoms with Crippen LogP contribution in [-0.2, 0) is 0 Å². The molecule has 2 rings (SSSR count). The van der Waals surface area contributed by atoms with Crippen molar-refractivity contribution in [2.45, 2.75) is 24.5 Å². The van der Waals surface area contributed by atoms with Crippen molar-refractivity contribution in [3.63, 3.8) is 0 Å². The Morgan fingerprint density at radius 1 is 1.23 bits per heavy atom. The molecule has 0 fully saturated rings. The number of aliphatic hydroxyl groups is 2. The van der Waals surface area contributed by atoms with Crippen LogP contribution >= 0.6 is 0 Å². The number of hydrogen-bond acceptors (Lipinski definition) is 2. The molecule has 0 aromatic carbocycles. The summed E-state index contributed by atoms with van der Waals surface area (Å²) in [6.45, 7) is 0. The second-order valence-electron chi connectivity index (χ2n) is 3.81. The zero-order chi connectivity index (χ0) is 9.31. The summed E-state index contributed by atoms with van der Waals surface area (Å²) in [7, 11) is 0. The molecular weight excluding hydrogens is 164 g/mol. The topological polar surface area (TPSA) is 40.5 Å². The Labute approximate surface area is 77.9 Å². The number of aliphatic hydroxyl groups excluding tert-OH is 1. The minimum atomic E-state index is -1.07. The van der Waals surface area contributed by atoms with E-state index in [1.807, 2.05) is 18.2 Å². The molecular formula is C11H14O2. The van der Waals surface area contributed by atoms with Crippen LogP contribution in [0.1, 0.15) is 12.8 Å². The Hall–Kier alpha value is -0.860. The van der Waals surface area contributed by atoms with Crippen LogP contribution in [0.15, 0.2) is 36.5 Å². The first kappa shape index (κ1) is 8.73. The van der Waals surface area contributed by atoms with Gasteiger partial charge in [-0.1, -0.05) is 36.5 Å². The maximum atomic E-state index is 10.1. The Kier molecular flexibility index (Phi) is 2.10. The fourth-order valence-electron chi connectivity index (χ4n) is 1.93. The molecule has 0 spiro atoms. The van der Waals surface area contributed by atoms with E-state index in [0.717, 1.165) is 6.42 Å². The van der Waals surface area contributed by atoms with E-state index in [1.54, 1.807) is 12.2 Å². The molecule has 2 aliphatic carbocycles. The molecule has 2 nitrogen and oxygen atoms in total. The summed E-state index contributed by atoms with van der Waals surface area (Å²) < 4.78 is 0. The number of hydrogen-bond donors (Lipinski definition) is 2. The van der Waals surface area contributed by atoms with Gasteiger partial charge in [0.15, 0.2) is 0 Å². The lowest BCUT2D eigenvalue weighted by molar-refractivity contribution is -0.0237. The molecule has 2 heteroatoms. The molecule has 70 valence electrons. The third-order valence-electron chi connectivity index (χ3n) is 2.74. The molecule has 0 saturated carbocycles. The monoisotopic (exact) mass is 178 g/mol. The van der Waals surface area contributed by atoms with Crippen LogP contribution in [-0.4, -0.2) is 21.9 Å². The van der Waals surface area contributed by atoms with Gasteiger partial charge in [0.05, 0.1) is 0 Å². The lowest BCUT2D eigenvalue weighted by Crippen LogP contribution is -2.39. The van der Waals surface area contributed by atoms with Gasteiger partial charge in [0, 0.05) is 0 Å². The highest BCUT2D eigenvalue weighted by atomic mass is 16.3. The predicted molar refractivity (Wildman–Crippen MR) is 51.1 cm³/mol. The Balaban J connectivity index is 2.34. The lowest BCUT2D eigenvalue weighted by atomic mass is 9.88. The second-order valence-corrected chi connectivity index (χ2v) is 3.81. The fraction of sp³-hybridized carbons (Fsp3) is 0.455. The fourth-order valence-corrected chi connectivity index (χ4v) is 1.93. The first-order valence-electron chi connectivity index (χ1n) is 4.64. The molecule has 13 heavy (non-hydrogen) atoms. The number of allylic oxidation sites excluding steroid dienone is 4. The van der Waals surface area contributed by atoms with Crippen molar-refractivity contribution in [3.05, 3.63) is 36.5 Å². The van der Waals surface area contributed by atoms with Crippen molar-refractivity contribution in [1.82, 2.24) is 0 Å². The summed E-state index contributed by atoms with van der Waals surface area (Å²) in [5.74, 6) is 0.341. The summed E-state index contributed by atoms with van der Waals surface area (Å²) in [5, 5.41) is 19.8. The molecule has 2 N–H and O–H groups in total. The van der Waals surface area contributed by atoms with Crippen LogP contribution in [0.3, 0.4) is 0 Å². The Morgan fingerprint density at radius 2 is 2.08 bits per heavy atom. The summed E-state index contributed by atoms with van der Waals surface area (Å²) in [4.78, 5) is 0. The van der Waals surface area contributed by atoms with Crippen LogP contribution in [0, 0.1) is 5.92 Å². The summed E-state index contributed by atoms with van der Waals surface area (Å²) in [6.07, 6.45) is 11.9. The molecule has 0 aromatic rings. The van der Waals surface area contributed by atoms with E-state index in [-0.39, 0.29) is 0 Å². The van der Waals surface area contributed by atoms with Crippen LogP contribution in [0.4, 0.5) is 0 Å². The molecule has 3 atom stereocenters. The molecule has 2 bridgehead atoms. The van der Waals surface area contributed by atoms with Gasteiger partial charge in [-0.3, -0.25) is 0 Å². The van der Waals surface area contributed by atoms with Crippen LogP contribution < -0.4 is 0 Å².